The van der Waals surface area contributed by atoms with Crippen LogP contribution < -0.4 is 19.7 Å². The topological polar surface area (TPSA) is 104 Å². The predicted molar refractivity (Wildman–Crippen MR) is 223 cm³/mol. The van der Waals surface area contributed by atoms with Crippen LogP contribution in [0.2, 0.25) is 5.02 Å². The molecule has 5 aromatic carbocycles. The molecule has 53 heavy (non-hydrogen) atoms. The normalized spacial score (nSPS) is 11.6. The lowest BCUT2D eigenvalue weighted by atomic mass is 9.97. The van der Waals surface area contributed by atoms with Gasteiger partial charge in [-0.25, -0.2) is 4.21 Å². The average molecular weight is 765 g/mol. The van der Waals surface area contributed by atoms with E-state index in [1.807, 2.05) is 72.8 Å². The molecule has 9 nitrogen and oxygen atoms in total. The Morgan fingerprint density at radius 1 is 0.868 bits per heavy atom. The number of nitrogens with one attached hydrogen (secondary N) is 3. The Morgan fingerprint density at radius 2 is 1.60 bits per heavy atom. The molecule has 0 bridgehead atoms. The fraction of sp³-hybridized carbons (Fsp3) is 0.171. The van der Waals surface area contributed by atoms with Crippen LogP contribution in [0, 0.1) is 24.0 Å². The van der Waals surface area contributed by atoms with Crippen LogP contribution in [0.5, 0.6) is 0 Å². The molecule has 6 rings (SSSR count). The van der Waals surface area contributed by atoms with Gasteiger partial charge in [0, 0.05) is 76.5 Å². The zero-order valence-electron chi connectivity index (χ0n) is 29.9. The minimum atomic E-state index is -1.71. The smallest absolute Gasteiger partial charge is 0.294 e. The van der Waals surface area contributed by atoms with Crippen LogP contribution in [-0.2, 0) is 18.0 Å². The van der Waals surface area contributed by atoms with Crippen molar-refractivity contribution >= 4 is 63.0 Å². The molecular weight excluding hydrogens is 724 g/mol. The SMILES string of the molecule is CCN(CCNc1cccc(-c2c(C)c(C)n(C)c2-c2cccc(Cl)c2)c1)c1ccc(NS(=O)c2ccc(NSc3ccccc3)c([N+](=O)[O-])c2)cc1. The van der Waals surface area contributed by atoms with Gasteiger partial charge in [0.25, 0.3) is 5.69 Å². The van der Waals surface area contributed by atoms with E-state index < -0.39 is 15.9 Å². The van der Waals surface area contributed by atoms with E-state index in [0.717, 1.165) is 52.7 Å². The van der Waals surface area contributed by atoms with Crippen molar-refractivity contribution in [2.75, 3.05) is 39.3 Å². The molecule has 0 spiro atoms. The van der Waals surface area contributed by atoms with Gasteiger partial charge in [0.2, 0.25) is 0 Å². The molecule has 6 aromatic rings. The van der Waals surface area contributed by atoms with Crippen LogP contribution in [0.4, 0.5) is 28.4 Å². The molecule has 12 heteroatoms. The van der Waals surface area contributed by atoms with Gasteiger partial charge >= 0.3 is 0 Å². The Labute approximate surface area is 322 Å². The molecule has 1 aromatic heterocycles. The number of nitro benzene ring substituents is 1. The molecule has 0 amide bonds. The highest BCUT2D eigenvalue weighted by molar-refractivity contribution is 8.00. The molecule has 0 saturated heterocycles. The molecular formula is C41H41ClN6O3S2. The Hall–Kier alpha value is -5.23. The average Bonchev–Trinajstić information content (AvgIpc) is 3.40. The highest BCUT2D eigenvalue weighted by atomic mass is 35.5. The van der Waals surface area contributed by atoms with E-state index in [-0.39, 0.29) is 5.69 Å². The van der Waals surface area contributed by atoms with E-state index in [9.17, 15) is 14.3 Å². The second kappa shape index (κ2) is 17.1. The summed E-state index contributed by atoms with van der Waals surface area (Å²) in [6.45, 7) is 8.73. The second-order valence-corrected chi connectivity index (χ2v) is 15.0. The Balaban J connectivity index is 1.08. The number of nitro groups is 1. The molecule has 0 radical (unpaired) electrons. The van der Waals surface area contributed by atoms with Crippen LogP contribution in [0.1, 0.15) is 18.2 Å². The number of likely N-dealkylation sites (N-methyl/N-ethyl adjacent to an activating group) is 1. The van der Waals surface area contributed by atoms with E-state index in [0.29, 0.717) is 21.3 Å². The van der Waals surface area contributed by atoms with E-state index in [1.54, 1.807) is 12.1 Å². The van der Waals surface area contributed by atoms with E-state index >= 15 is 0 Å². The van der Waals surface area contributed by atoms with Crippen molar-refractivity contribution in [3.8, 4) is 22.4 Å². The van der Waals surface area contributed by atoms with Crippen molar-refractivity contribution in [2.24, 2.45) is 7.05 Å². The predicted octanol–water partition coefficient (Wildman–Crippen LogP) is 10.7. The zero-order valence-corrected chi connectivity index (χ0v) is 32.3. The number of aromatic nitrogens is 1. The number of hydrogen-bond donors (Lipinski definition) is 3. The van der Waals surface area contributed by atoms with E-state index in [4.69, 9.17) is 11.6 Å². The summed E-state index contributed by atoms with van der Waals surface area (Å²) < 4.78 is 21.5. The van der Waals surface area contributed by atoms with Crippen LogP contribution >= 0.6 is 23.5 Å². The molecule has 0 fully saturated rings. The molecule has 1 unspecified atom stereocenters. The molecule has 1 heterocycles. The van der Waals surface area contributed by atoms with Gasteiger partial charge in [0.1, 0.15) is 5.69 Å². The number of benzene rings is 5. The standard InChI is InChI=1S/C41H41ClN6O3S2/c1-5-47(24-23-43-34-14-10-11-30(26-34)40-28(2)29(3)46(4)41(40)31-12-9-13-32(42)25-31)35-19-17-33(18-20-35)45-53(51)37-21-22-38(39(27-37)48(49)50)44-52-36-15-7-6-8-16-36/h6-22,25-27,43-45H,5,23-24H2,1-4H3. The van der Waals surface area contributed by atoms with Crippen molar-refractivity contribution in [1.82, 2.24) is 4.57 Å². The maximum absolute atomic E-state index is 13.2. The van der Waals surface area contributed by atoms with Crippen LogP contribution in [0.3, 0.4) is 0 Å². The number of nitrogens with zero attached hydrogens (tertiary/aromatic N) is 3. The van der Waals surface area contributed by atoms with Crippen molar-refractivity contribution < 1.29 is 9.13 Å². The van der Waals surface area contributed by atoms with Gasteiger partial charge in [0.05, 0.1) is 15.5 Å². The van der Waals surface area contributed by atoms with Gasteiger partial charge in [-0.1, -0.05) is 54.1 Å². The first-order valence-electron chi connectivity index (χ1n) is 17.2. The lowest BCUT2D eigenvalue weighted by molar-refractivity contribution is -0.384. The van der Waals surface area contributed by atoms with Crippen molar-refractivity contribution in [2.45, 2.75) is 30.6 Å². The Kier molecular flexibility index (Phi) is 12.1. The summed E-state index contributed by atoms with van der Waals surface area (Å²) in [5.74, 6) is 0. The monoisotopic (exact) mass is 764 g/mol. The lowest BCUT2D eigenvalue weighted by Crippen LogP contribution is -2.28. The minimum absolute atomic E-state index is 0.150. The number of halogens is 1. The van der Waals surface area contributed by atoms with Crippen LogP contribution in [0.15, 0.2) is 131 Å². The summed E-state index contributed by atoms with van der Waals surface area (Å²) >= 11 is 7.66. The van der Waals surface area contributed by atoms with E-state index in [1.165, 1.54) is 34.8 Å². The highest BCUT2D eigenvalue weighted by Crippen LogP contribution is 2.39. The van der Waals surface area contributed by atoms with Gasteiger partial charge in [-0.05, 0) is 117 Å². The van der Waals surface area contributed by atoms with Crippen LogP contribution in [0.25, 0.3) is 22.4 Å². The maximum Gasteiger partial charge on any atom is 0.294 e. The molecule has 3 N–H and O–H groups in total. The molecule has 1 atom stereocenters. The molecule has 0 aliphatic carbocycles. The lowest BCUT2D eigenvalue weighted by Gasteiger charge is -2.24. The summed E-state index contributed by atoms with van der Waals surface area (Å²) in [6, 6.07) is 38.3. The van der Waals surface area contributed by atoms with Gasteiger partial charge in [-0.15, -0.1) is 0 Å². The van der Waals surface area contributed by atoms with E-state index in [2.05, 4.69) is 82.4 Å². The molecule has 272 valence electrons. The highest BCUT2D eigenvalue weighted by Gasteiger charge is 2.20. The third kappa shape index (κ3) is 8.88. The minimum Gasteiger partial charge on any atom is -0.383 e. The van der Waals surface area contributed by atoms with Gasteiger partial charge < -0.3 is 24.2 Å². The maximum atomic E-state index is 13.2. The second-order valence-electron chi connectivity index (χ2n) is 12.5. The first kappa shape index (κ1) is 37.5. The summed E-state index contributed by atoms with van der Waals surface area (Å²) in [7, 11) is 0.395. The quantitative estimate of drug-likeness (QED) is 0.0543. The van der Waals surface area contributed by atoms with Gasteiger partial charge in [-0.3, -0.25) is 10.1 Å². The fourth-order valence-electron chi connectivity index (χ4n) is 6.23. The third-order valence-corrected chi connectivity index (χ3v) is 11.3. The first-order chi connectivity index (χ1) is 25.6. The molecule has 0 aliphatic heterocycles. The Bertz CT molecular complexity index is 2250. The summed E-state index contributed by atoms with van der Waals surface area (Å²) in [5.41, 5.74) is 9.92. The fourth-order valence-corrected chi connectivity index (χ4v) is 8.00. The number of hydrogen-bond acceptors (Lipinski definition) is 7. The van der Waals surface area contributed by atoms with Crippen LogP contribution in [-0.4, -0.2) is 33.3 Å². The van der Waals surface area contributed by atoms with Crippen molar-refractivity contribution in [3.63, 3.8) is 0 Å². The largest absolute Gasteiger partial charge is 0.383 e. The third-order valence-electron chi connectivity index (χ3n) is 9.18. The first-order valence-corrected chi connectivity index (χ1v) is 19.5. The summed E-state index contributed by atoms with van der Waals surface area (Å²) in [5, 5.41) is 16.2. The Morgan fingerprint density at radius 3 is 2.32 bits per heavy atom. The van der Waals surface area contributed by atoms with Gasteiger partial charge in [0.15, 0.2) is 11.0 Å². The van der Waals surface area contributed by atoms with Crippen molar-refractivity contribution in [1.29, 1.82) is 0 Å². The zero-order chi connectivity index (χ0) is 37.5. The molecule has 0 aliphatic rings. The summed E-state index contributed by atoms with van der Waals surface area (Å²) in [6.07, 6.45) is 0. The van der Waals surface area contributed by atoms with Gasteiger partial charge in [-0.2, -0.15) is 0 Å². The number of rotatable bonds is 15. The molecule has 0 saturated carbocycles. The summed E-state index contributed by atoms with van der Waals surface area (Å²) in [4.78, 5) is 14.9. The number of anilines is 4. The van der Waals surface area contributed by atoms with Crippen molar-refractivity contribution in [3.05, 3.63) is 148 Å².